The maximum atomic E-state index is 12.8. The number of benzene rings is 1. The number of nitro groups is 1. The molecular weight excluding hydrogens is 318 g/mol. The van der Waals surface area contributed by atoms with Crippen LogP contribution in [0, 0.1) is 22.0 Å². The topological polar surface area (TPSA) is 66.7 Å². The maximum absolute atomic E-state index is 12.8. The largest absolute Gasteiger partial charge is 0.366 e. The van der Waals surface area contributed by atoms with Gasteiger partial charge in [-0.25, -0.2) is 0 Å². The van der Waals surface area contributed by atoms with E-state index in [0.29, 0.717) is 23.1 Å². The monoisotopic (exact) mass is 345 g/mol. The Labute approximate surface area is 148 Å². The van der Waals surface area contributed by atoms with E-state index in [2.05, 4.69) is 18.7 Å². The third-order valence-corrected chi connectivity index (χ3v) is 5.27. The van der Waals surface area contributed by atoms with E-state index in [4.69, 9.17) is 0 Å². The van der Waals surface area contributed by atoms with Crippen LogP contribution < -0.4 is 4.90 Å². The van der Waals surface area contributed by atoms with Crippen LogP contribution in [0.15, 0.2) is 18.2 Å². The summed E-state index contributed by atoms with van der Waals surface area (Å²) in [5, 5.41) is 11.6. The number of likely N-dealkylation sites (tertiary alicyclic amines) is 1. The minimum absolute atomic E-state index is 0.0471. The molecule has 136 valence electrons. The predicted octanol–water partition coefficient (Wildman–Crippen LogP) is 3.70. The summed E-state index contributed by atoms with van der Waals surface area (Å²) in [6, 6.07) is 4.98. The molecule has 2 aliphatic heterocycles. The lowest BCUT2D eigenvalue weighted by molar-refractivity contribution is -0.384. The maximum Gasteiger partial charge on any atom is 0.293 e. The van der Waals surface area contributed by atoms with E-state index < -0.39 is 0 Å². The van der Waals surface area contributed by atoms with Crippen molar-refractivity contribution in [1.29, 1.82) is 0 Å². The first-order chi connectivity index (χ1) is 12.0. The van der Waals surface area contributed by atoms with Crippen molar-refractivity contribution in [3.05, 3.63) is 33.9 Å². The molecule has 2 atom stereocenters. The van der Waals surface area contributed by atoms with E-state index in [1.165, 1.54) is 12.5 Å². The van der Waals surface area contributed by atoms with Crippen LogP contribution >= 0.6 is 0 Å². The molecule has 3 rings (SSSR count). The summed E-state index contributed by atoms with van der Waals surface area (Å²) in [5.74, 6) is 0.845. The lowest BCUT2D eigenvalue weighted by Crippen LogP contribution is -2.42. The molecule has 0 spiro atoms. The molecule has 6 nitrogen and oxygen atoms in total. The quantitative estimate of drug-likeness (QED) is 0.619. The molecule has 25 heavy (non-hydrogen) atoms. The van der Waals surface area contributed by atoms with Crippen LogP contribution in [0.25, 0.3) is 0 Å². The molecule has 1 amide bonds. The summed E-state index contributed by atoms with van der Waals surface area (Å²) in [6.45, 7) is 7.44. The summed E-state index contributed by atoms with van der Waals surface area (Å²) in [7, 11) is 0. The summed E-state index contributed by atoms with van der Waals surface area (Å²) in [4.78, 5) is 28.0. The van der Waals surface area contributed by atoms with Crippen molar-refractivity contribution in [2.45, 2.75) is 39.5 Å². The normalized spacial score (nSPS) is 24.2. The average molecular weight is 345 g/mol. The van der Waals surface area contributed by atoms with Crippen LogP contribution in [0.2, 0.25) is 0 Å². The van der Waals surface area contributed by atoms with E-state index in [1.54, 1.807) is 12.1 Å². The highest BCUT2D eigenvalue weighted by Gasteiger charge is 2.28. The number of carbonyl (C=O) groups is 1. The van der Waals surface area contributed by atoms with Crippen molar-refractivity contribution in [1.82, 2.24) is 4.90 Å². The second-order valence-corrected chi connectivity index (χ2v) is 7.66. The zero-order chi connectivity index (χ0) is 18.0. The van der Waals surface area contributed by atoms with Gasteiger partial charge in [-0.15, -0.1) is 0 Å². The Morgan fingerprint density at radius 2 is 1.76 bits per heavy atom. The molecule has 6 heteroatoms. The van der Waals surface area contributed by atoms with Crippen LogP contribution in [0.1, 0.15) is 49.9 Å². The molecule has 1 aromatic carbocycles. The first kappa shape index (κ1) is 17.7. The van der Waals surface area contributed by atoms with Gasteiger partial charge in [0.1, 0.15) is 5.69 Å². The highest BCUT2D eigenvalue weighted by atomic mass is 16.6. The smallest absolute Gasteiger partial charge is 0.293 e. The minimum Gasteiger partial charge on any atom is -0.366 e. The molecule has 0 saturated carbocycles. The molecule has 0 aromatic heterocycles. The summed E-state index contributed by atoms with van der Waals surface area (Å²) in [5.41, 5.74) is 1.11. The van der Waals surface area contributed by atoms with Crippen molar-refractivity contribution < 1.29 is 9.72 Å². The van der Waals surface area contributed by atoms with E-state index in [-0.39, 0.29) is 16.5 Å². The van der Waals surface area contributed by atoms with Gasteiger partial charge in [0.25, 0.3) is 11.6 Å². The number of nitro benzene ring substituents is 1. The van der Waals surface area contributed by atoms with Crippen LogP contribution in [-0.4, -0.2) is 41.9 Å². The minimum atomic E-state index is -0.359. The zero-order valence-electron chi connectivity index (χ0n) is 15.1. The van der Waals surface area contributed by atoms with E-state index in [1.807, 2.05) is 4.90 Å². The number of hydrogen-bond donors (Lipinski definition) is 0. The van der Waals surface area contributed by atoms with Gasteiger partial charge in [-0.05, 0) is 49.7 Å². The molecule has 2 fully saturated rings. The van der Waals surface area contributed by atoms with Crippen LogP contribution in [-0.2, 0) is 0 Å². The molecular formula is C19H27N3O3. The number of hydrogen-bond acceptors (Lipinski definition) is 4. The third kappa shape index (κ3) is 3.94. The van der Waals surface area contributed by atoms with Gasteiger partial charge in [-0.3, -0.25) is 14.9 Å². The fourth-order valence-corrected chi connectivity index (χ4v) is 4.22. The molecule has 2 unspecified atom stereocenters. The van der Waals surface area contributed by atoms with Gasteiger partial charge in [0.2, 0.25) is 0 Å². The Balaban J connectivity index is 1.85. The second kappa shape index (κ2) is 7.42. The van der Waals surface area contributed by atoms with Gasteiger partial charge in [-0.1, -0.05) is 13.8 Å². The Morgan fingerprint density at radius 1 is 1.12 bits per heavy atom. The van der Waals surface area contributed by atoms with Crippen molar-refractivity contribution >= 4 is 17.3 Å². The first-order valence-corrected chi connectivity index (χ1v) is 9.28. The van der Waals surface area contributed by atoms with Crippen molar-refractivity contribution in [3.8, 4) is 0 Å². The second-order valence-electron chi connectivity index (χ2n) is 7.66. The van der Waals surface area contributed by atoms with Gasteiger partial charge in [0.15, 0.2) is 0 Å². The average Bonchev–Trinajstić information content (AvgIpc) is 2.60. The highest BCUT2D eigenvalue weighted by Crippen LogP contribution is 2.32. The Morgan fingerprint density at radius 3 is 2.36 bits per heavy atom. The molecule has 0 radical (unpaired) electrons. The van der Waals surface area contributed by atoms with E-state index in [9.17, 15) is 14.9 Å². The van der Waals surface area contributed by atoms with Crippen LogP contribution in [0.3, 0.4) is 0 Å². The predicted molar refractivity (Wildman–Crippen MR) is 98.0 cm³/mol. The molecule has 2 aliphatic rings. The van der Waals surface area contributed by atoms with Gasteiger partial charge in [-0.2, -0.15) is 0 Å². The Bertz CT molecular complexity index is 645. The Hall–Kier alpha value is -2.11. The first-order valence-electron chi connectivity index (χ1n) is 9.28. The van der Waals surface area contributed by atoms with Crippen LogP contribution in [0.5, 0.6) is 0 Å². The number of piperidine rings is 2. The molecule has 0 N–H and O–H groups in total. The highest BCUT2D eigenvalue weighted by molar-refractivity contribution is 5.96. The zero-order valence-corrected chi connectivity index (χ0v) is 15.1. The summed E-state index contributed by atoms with van der Waals surface area (Å²) >= 11 is 0. The number of carbonyl (C=O) groups excluding carboxylic acids is 1. The van der Waals surface area contributed by atoms with Crippen molar-refractivity contribution in [2.75, 3.05) is 31.1 Å². The summed E-state index contributed by atoms with van der Waals surface area (Å²) < 4.78 is 0. The number of amides is 1. The molecule has 2 heterocycles. The third-order valence-electron chi connectivity index (χ3n) is 5.27. The van der Waals surface area contributed by atoms with Crippen molar-refractivity contribution in [3.63, 3.8) is 0 Å². The van der Waals surface area contributed by atoms with Gasteiger partial charge in [0, 0.05) is 37.8 Å². The number of anilines is 1. The lowest BCUT2D eigenvalue weighted by atomic mass is 9.91. The fourth-order valence-electron chi connectivity index (χ4n) is 4.22. The molecule has 0 aliphatic carbocycles. The summed E-state index contributed by atoms with van der Waals surface area (Å²) in [6.07, 6.45) is 4.41. The molecule has 1 aromatic rings. The molecule has 0 bridgehead atoms. The number of rotatable bonds is 3. The lowest BCUT2D eigenvalue weighted by Gasteiger charge is -2.35. The van der Waals surface area contributed by atoms with E-state index in [0.717, 1.165) is 45.4 Å². The van der Waals surface area contributed by atoms with Crippen molar-refractivity contribution in [2.24, 2.45) is 11.8 Å². The SMILES string of the molecule is CC1CC(C)CN(C(=O)c2ccc(N3CCCCC3)c([N+](=O)[O-])c2)C1. The van der Waals surface area contributed by atoms with Crippen LogP contribution in [0.4, 0.5) is 11.4 Å². The standard InChI is InChI=1S/C19H27N3O3/c1-14-10-15(2)13-21(12-14)19(23)16-6-7-17(18(11-16)22(24)25)20-8-4-3-5-9-20/h6-7,11,14-15H,3-5,8-10,12-13H2,1-2H3. The van der Waals surface area contributed by atoms with E-state index >= 15 is 0 Å². The fraction of sp³-hybridized carbons (Fsp3) is 0.632. The van der Waals surface area contributed by atoms with Gasteiger partial charge >= 0.3 is 0 Å². The molecule has 2 saturated heterocycles. The van der Waals surface area contributed by atoms with Gasteiger partial charge in [0.05, 0.1) is 4.92 Å². The number of nitrogens with zero attached hydrogens (tertiary/aromatic N) is 3. The van der Waals surface area contributed by atoms with Gasteiger partial charge < -0.3 is 9.80 Å². The Kier molecular flexibility index (Phi) is 5.25.